The molecule has 7 heteroatoms. The summed E-state index contributed by atoms with van der Waals surface area (Å²) in [5.74, 6) is 2.48. The molecular formula is C16H26N4O2S. The summed E-state index contributed by atoms with van der Waals surface area (Å²) in [4.78, 5) is 12.4. The van der Waals surface area contributed by atoms with Gasteiger partial charge in [-0.3, -0.25) is 4.68 Å². The van der Waals surface area contributed by atoms with Crippen molar-refractivity contribution in [3.8, 4) is 0 Å². The lowest BCUT2D eigenvalue weighted by Crippen LogP contribution is -2.49. The number of hydrogen-bond donors (Lipinski definition) is 2. The number of aryl methyl sites for hydroxylation is 1. The van der Waals surface area contributed by atoms with Crippen LogP contribution in [0.2, 0.25) is 0 Å². The maximum Gasteiger partial charge on any atom is 0.319 e. The Morgan fingerprint density at radius 3 is 3.09 bits per heavy atom. The Balaban J connectivity index is 1.59. The van der Waals surface area contributed by atoms with Crippen LogP contribution in [0.15, 0.2) is 6.20 Å². The zero-order chi connectivity index (χ0) is 16.4. The average molecular weight is 338 g/mol. The number of anilines is 1. The van der Waals surface area contributed by atoms with E-state index in [4.69, 9.17) is 4.74 Å². The van der Waals surface area contributed by atoms with E-state index in [9.17, 15) is 4.79 Å². The van der Waals surface area contributed by atoms with E-state index < -0.39 is 0 Å². The van der Waals surface area contributed by atoms with Gasteiger partial charge in [-0.2, -0.15) is 16.9 Å². The van der Waals surface area contributed by atoms with Gasteiger partial charge in [0, 0.05) is 31.6 Å². The van der Waals surface area contributed by atoms with E-state index in [0.29, 0.717) is 0 Å². The van der Waals surface area contributed by atoms with Gasteiger partial charge in [0.25, 0.3) is 0 Å². The SMILES string of the molecule is CC(C)c1nn(C)cc1NC(=O)N[C@H]1CCO[C@]2(CCSC2)C1. The van der Waals surface area contributed by atoms with Gasteiger partial charge in [-0.25, -0.2) is 4.79 Å². The van der Waals surface area contributed by atoms with E-state index in [-0.39, 0.29) is 23.6 Å². The van der Waals surface area contributed by atoms with E-state index in [1.165, 1.54) is 0 Å². The van der Waals surface area contributed by atoms with Gasteiger partial charge in [0.05, 0.1) is 17.0 Å². The molecule has 2 saturated heterocycles. The van der Waals surface area contributed by atoms with Crippen molar-refractivity contribution in [2.45, 2.75) is 50.7 Å². The number of aromatic nitrogens is 2. The molecule has 3 heterocycles. The van der Waals surface area contributed by atoms with Gasteiger partial charge in [0.2, 0.25) is 0 Å². The second kappa shape index (κ2) is 6.73. The van der Waals surface area contributed by atoms with Crippen LogP contribution in [-0.4, -0.2) is 45.6 Å². The van der Waals surface area contributed by atoms with Crippen LogP contribution >= 0.6 is 11.8 Å². The second-order valence-electron chi connectivity index (χ2n) is 6.88. The average Bonchev–Trinajstić information content (AvgIpc) is 3.06. The number of carbonyl (C=O) groups is 1. The van der Waals surface area contributed by atoms with Gasteiger partial charge < -0.3 is 15.4 Å². The van der Waals surface area contributed by atoms with Gasteiger partial charge in [0.1, 0.15) is 0 Å². The molecule has 23 heavy (non-hydrogen) atoms. The number of rotatable bonds is 3. The minimum absolute atomic E-state index is 0.0156. The molecule has 0 aromatic carbocycles. The molecular weight excluding hydrogens is 312 g/mol. The Bertz CT molecular complexity index is 566. The van der Waals surface area contributed by atoms with Crippen molar-refractivity contribution in [2.75, 3.05) is 23.4 Å². The highest BCUT2D eigenvalue weighted by atomic mass is 32.2. The van der Waals surface area contributed by atoms with E-state index in [1.807, 2.05) is 25.0 Å². The Kier molecular flexibility index (Phi) is 4.87. The molecule has 0 bridgehead atoms. The highest BCUT2D eigenvalue weighted by Gasteiger charge is 2.40. The highest BCUT2D eigenvalue weighted by Crippen LogP contribution is 2.38. The highest BCUT2D eigenvalue weighted by molar-refractivity contribution is 7.99. The number of urea groups is 1. The molecule has 0 aliphatic carbocycles. The summed E-state index contributed by atoms with van der Waals surface area (Å²) < 4.78 is 7.74. The van der Waals surface area contributed by atoms with Crippen molar-refractivity contribution in [1.29, 1.82) is 0 Å². The first-order valence-corrected chi connectivity index (χ1v) is 9.46. The molecule has 6 nitrogen and oxygen atoms in total. The molecule has 2 atom stereocenters. The molecule has 2 fully saturated rings. The molecule has 2 amide bonds. The van der Waals surface area contributed by atoms with Crippen molar-refractivity contribution in [2.24, 2.45) is 7.05 Å². The molecule has 0 unspecified atom stereocenters. The van der Waals surface area contributed by atoms with E-state index in [0.717, 1.165) is 48.8 Å². The first-order valence-electron chi connectivity index (χ1n) is 8.30. The number of amides is 2. The molecule has 1 aromatic rings. The largest absolute Gasteiger partial charge is 0.374 e. The molecule has 2 aliphatic heterocycles. The molecule has 0 saturated carbocycles. The van der Waals surface area contributed by atoms with Gasteiger partial charge in [-0.15, -0.1) is 0 Å². The fourth-order valence-corrected chi connectivity index (χ4v) is 4.76. The van der Waals surface area contributed by atoms with Crippen molar-refractivity contribution in [3.63, 3.8) is 0 Å². The third-order valence-corrected chi connectivity index (χ3v) is 5.77. The molecule has 2 N–H and O–H groups in total. The van der Waals surface area contributed by atoms with Crippen molar-refractivity contribution >= 4 is 23.5 Å². The smallest absolute Gasteiger partial charge is 0.319 e. The molecule has 3 rings (SSSR count). The standard InChI is InChI=1S/C16H26N4O2S/c1-11(2)14-13(9-20(3)19-14)18-15(21)17-12-4-6-22-16(8-12)5-7-23-10-16/h9,11-12H,4-8,10H2,1-3H3,(H2,17,18,21)/t12-,16+/m0/s1. The maximum absolute atomic E-state index is 12.4. The number of thioether (sulfide) groups is 1. The van der Waals surface area contributed by atoms with E-state index >= 15 is 0 Å². The summed E-state index contributed by atoms with van der Waals surface area (Å²) in [7, 11) is 1.87. The first-order chi connectivity index (χ1) is 11.0. The Morgan fingerprint density at radius 2 is 2.39 bits per heavy atom. The fraction of sp³-hybridized carbons (Fsp3) is 0.750. The summed E-state index contributed by atoms with van der Waals surface area (Å²) in [5.41, 5.74) is 1.69. The predicted molar refractivity (Wildman–Crippen MR) is 93.1 cm³/mol. The number of carbonyl (C=O) groups excluding carboxylic acids is 1. The lowest BCUT2D eigenvalue weighted by Gasteiger charge is -2.37. The van der Waals surface area contributed by atoms with Gasteiger partial charge >= 0.3 is 6.03 Å². The normalized spacial score (nSPS) is 27.6. The zero-order valence-corrected chi connectivity index (χ0v) is 14.9. The van der Waals surface area contributed by atoms with E-state index in [2.05, 4.69) is 29.6 Å². The third-order valence-electron chi connectivity index (χ3n) is 4.55. The Morgan fingerprint density at radius 1 is 1.57 bits per heavy atom. The minimum Gasteiger partial charge on any atom is -0.374 e. The van der Waals surface area contributed by atoms with Crippen LogP contribution in [0.25, 0.3) is 0 Å². The second-order valence-corrected chi connectivity index (χ2v) is 7.98. The molecule has 2 aliphatic rings. The summed E-state index contributed by atoms with van der Waals surface area (Å²) in [6.07, 6.45) is 4.74. The Labute approximate surface area is 141 Å². The van der Waals surface area contributed by atoms with Crippen LogP contribution in [0.4, 0.5) is 10.5 Å². The minimum atomic E-state index is -0.146. The van der Waals surface area contributed by atoms with Crippen LogP contribution < -0.4 is 10.6 Å². The lowest BCUT2D eigenvalue weighted by molar-refractivity contribution is -0.0682. The van der Waals surface area contributed by atoms with Crippen LogP contribution in [0.3, 0.4) is 0 Å². The number of nitrogens with one attached hydrogen (secondary N) is 2. The van der Waals surface area contributed by atoms with E-state index in [1.54, 1.807) is 4.68 Å². The van der Waals surface area contributed by atoms with Gasteiger partial charge in [-0.1, -0.05) is 13.8 Å². The summed E-state index contributed by atoms with van der Waals surface area (Å²) in [6.45, 7) is 4.88. The number of nitrogens with zero attached hydrogens (tertiary/aromatic N) is 2. The third kappa shape index (κ3) is 3.83. The summed E-state index contributed by atoms with van der Waals surface area (Å²) in [5, 5.41) is 10.5. The number of hydrogen-bond acceptors (Lipinski definition) is 4. The van der Waals surface area contributed by atoms with Gasteiger partial charge in [0.15, 0.2) is 0 Å². The summed E-state index contributed by atoms with van der Waals surface area (Å²) in [6, 6.07) is 0.0363. The quantitative estimate of drug-likeness (QED) is 0.889. The maximum atomic E-state index is 12.4. The molecule has 0 radical (unpaired) electrons. The summed E-state index contributed by atoms with van der Waals surface area (Å²) >= 11 is 1.95. The topological polar surface area (TPSA) is 68.2 Å². The molecule has 1 aromatic heterocycles. The molecule has 1 spiro atoms. The van der Waals surface area contributed by atoms with Crippen LogP contribution in [-0.2, 0) is 11.8 Å². The molecule has 128 valence electrons. The zero-order valence-electron chi connectivity index (χ0n) is 14.1. The van der Waals surface area contributed by atoms with Crippen molar-refractivity contribution in [1.82, 2.24) is 15.1 Å². The predicted octanol–water partition coefficient (Wildman–Crippen LogP) is 2.72. The fourth-order valence-electron chi connectivity index (χ4n) is 3.39. The van der Waals surface area contributed by atoms with Gasteiger partial charge in [-0.05, 0) is 30.9 Å². The Hall–Kier alpha value is -1.21. The van der Waals surface area contributed by atoms with Crippen LogP contribution in [0, 0.1) is 0 Å². The number of ether oxygens (including phenoxy) is 1. The first kappa shape index (κ1) is 16.6. The van der Waals surface area contributed by atoms with Crippen molar-refractivity contribution < 1.29 is 9.53 Å². The van der Waals surface area contributed by atoms with Crippen LogP contribution in [0.5, 0.6) is 0 Å². The van der Waals surface area contributed by atoms with Crippen molar-refractivity contribution in [3.05, 3.63) is 11.9 Å². The van der Waals surface area contributed by atoms with Crippen LogP contribution in [0.1, 0.15) is 44.7 Å². The monoisotopic (exact) mass is 338 g/mol. The lowest BCUT2D eigenvalue weighted by atomic mass is 9.90.